The Morgan fingerprint density at radius 2 is 2.00 bits per heavy atom. The molecule has 0 heterocycles. The van der Waals surface area contributed by atoms with Crippen LogP contribution in [0.4, 0.5) is 15.8 Å². The Labute approximate surface area is 121 Å². The van der Waals surface area contributed by atoms with Crippen LogP contribution in [0.15, 0.2) is 12.1 Å². The summed E-state index contributed by atoms with van der Waals surface area (Å²) in [5.74, 6) is 2.21. The van der Waals surface area contributed by atoms with Crippen molar-refractivity contribution >= 4 is 11.4 Å². The maximum atomic E-state index is 13.9. The number of methoxy groups -OCH3 is 1. The molecule has 0 amide bonds. The maximum Gasteiger partial charge on any atom is 0.327 e. The normalized spacial score (nSPS) is 35.4. The van der Waals surface area contributed by atoms with E-state index >= 15 is 0 Å². The summed E-state index contributed by atoms with van der Waals surface area (Å²) < 4.78 is 18.9. The molecule has 2 bridgehead atoms. The minimum atomic E-state index is -0.851. The molecule has 0 saturated heterocycles. The summed E-state index contributed by atoms with van der Waals surface area (Å²) >= 11 is 0. The van der Waals surface area contributed by atoms with Crippen LogP contribution in [0.1, 0.15) is 19.3 Å². The third-order valence-electron chi connectivity index (χ3n) is 5.51. The van der Waals surface area contributed by atoms with Crippen LogP contribution in [-0.2, 0) is 0 Å². The largest absolute Gasteiger partial charge is 0.497 e. The van der Waals surface area contributed by atoms with E-state index in [1.165, 1.54) is 32.4 Å². The Morgan fingerprint density at radius 3 is 2.57 bits per heavy atom. The monoisotopic (exact) mass is 292 g/mol. The zero-order chi connectivity index (χ0) is 14.7. The number of anilines is 1. The maximum absolute atomic E-state index is 13.9. The molecule has 4 unspecified atom stereocenters. The lowest BCUT2D eigenvalue weighted by atomic mass is 10.0. The van der Waals surface area contributed by atoms with Gasteiger partial charge in [-0.25, -0.2) is 0 Å². The highest BCUT2D eigenvalue weighted by Crippen LogP contribution is 2.66. The van der Waals surface area contributed by atoms with Gasteiger partial charge in [0.25, 0.3) is 0 Å². The first kappa shape index (κ1) is 12.9. The van der Waals surface area contributed by atoms with Gasteiger partial charge in [0.2, 0.25) is 5.82 Å². The molecule has 1 aromatic carbocycles. The molecule has 21 heavy (non-hydrogen) atoms. The SMILES string of the molecule is COc1cc(F)c([N+](=O)[O-])c(NC2C3C4CCC(C4)C23)c1. The lowest BCUT2D eigenvalue weighted by Crippen LogP contribution is -2.14. The molecule has 0 radical (unpaired) electrons. The highest BCUT2D eigenvalue weighted by molar-refractivity contribution is 5.66. The van der Waals surface area contributed by atoms with Gasteiger partial charge >= 0.3 is 5.69 Å². The van der Waals surface area contributed by atoms with Gasteiger partial charge in [-0.2, -0.15) is 4.39 Å². The molecule has 4 atom stereocenters. The zero-order valence-corrected chi connectivity index (χ0v) is 11.7. The van der Waals surface area contributed by atoms with Crippen molar-refractivity contribution in [3.8, 4) is 5.75 Å². The van der Waals surface area contributed by atoms with Crippen molar-refractivity contribution in [1.29, 1.82) is 0 Å². The highest BCUT2D eigenvalue weighted by atomic mass is 19.1. The summed E-state index contributed by atoms with van der Waals surface area (Å²) in [6.45, 7) is 0. The molecule has 5 nitrogen and oxygen atoms in total. The fourth-order valence-electron chi connectivity index (χ4n) is 4.69. The van der Waals surface area contributed by atoms with Crippen LogP contribution in [0.5, 0.6) is 5.75 Å². The average Bonchev–Trinajstić information content (AvgIpc) is 2.83. The molecule has 3 saturated carbocycles. The molecule has 3 aliphatic carbocycles. The standard InChI is InChI=1S/C15H17FN2O3/c1-21-9-5-10(16)15(18(19)20)11(6-9)17-14-12-7-2-3-8(4-7)13(12)14/h5-8,12-14,17H,2-4H2,1H3. The van der Waals surface area contributed by atoms with Crippen LogP contribution in [0.25, 0.3) is 0 Å². The summed E-state index contributed by atoms with van der Waals surface area (Å²) in [7, 11) is 1.43. The first-order valence-electron chi connectivity index (χ1n) is 7.38. The number of nitro groups is 1. The topological polar surface area (TPSA) is 64.4 Å². The van der Waals surface area contributed by atoms with E-state index in [0.29, 0.717) is 17.6 Å². The van der Waals surface area contributed by atoms with Gasteiger partial charge in [0.15, 0.2) is 0 Å². The fourth-order valence-corrected chi connectivity index (χ4v) is 4.69. The van der Waals surface area contributed by atoms with Crippen molar-refractivity contribution in [3.05, 3.63) is 28.1 Å². The average molecular weight is 292 g/mol. The van der Waals surface area contributed by atoms with Gasteiger partial charge in [-0.3, -0.25) is 10.1 Å². The van der Waals surface area contributed by atoms with Crippen molar-refractivity contribution in [2.24, 2.45) is 23.7 Å². The summed E-state index contributed by atoms with van der Waals surface area (Å²) in [5.41, 5.74) is -0.233. The quantitative estimate of drug-likeness (QED) is 0.683. The number of fused-ring (bicyclic) bond motifs is 5. The van der Waals surface area contributed by atoms with E-state index in [1.807, 2.05) is 0 Å². The van der Waals surface area contributed by atoms with Crippen LogP contribution >= 0.6 is 0 Å². The zero-order valence-electron chi connectivity index (χ0n) is 11.7. The number of nitrogens with zero attached hydrogens (tertiary/aromatic N) is 1. The number of benzene rings is 1. The lowest BCUT2D eigenvalue weighted by molar-refractivity contribution is -0.386. The second-order valence-electron chi connectivity index (χ2n) is 6.42. The molecule has 4 rings (SSSR count). The summed E-state index contributed by atoms with van der Waals surface area (Å²) in [6, 6.07) is 2.85. The number of hydrogen-bond donors (Lipinski definition) is 1. The molecular formula is C15H17FN2O3. The first-order valence-corrected chi connectivity index (χ1v) is 7.38. The van der Waals surface area contributed by atoms with Crippen LogP contribution < -0.4 is 10.1 Å². The third kappa shape index (κ3) is 1.81. The number of nitro benzene ring substituents is 1. The lowest BCUT2D eigenvalue weighted by Gasteiger charge is -2.13. The van der Waals surface area contributed by atoms with E-state index in [-0.39, 0.29) is 11.7 Å². The third-order valence-corrected chi connectivity index (χ3v) is 5.51. The summed E-state index contributed by atoms with van der Waals surface area (Å²) in [5, 5.41) is 14.3. The van der Waals surface area contributed by atoms with Gasteiger partial charge in [0.1, 0.15) is 11.4 Å². The van der Waals surface area contributed by atoms with Gasteiger partial charge < -0.3 is 10.1 Å². The number of ether oxygens (including phenoxy) is 1. The minimum absolute atomic E-state index is 0.246. The molecule has 1 N–H and O–H groups in total. The predicted molar refractivity (Wildman–Crippen MR) is 74.8 cm³/mol. The van der Waals surface area contributed by atoms with Crippen molar-refractivity contribution in [3.63, 3.8) is 0 Å². The van der Waals surface area contributed by atoms with Gasteiger partial charge in [0, 0.05) is 18.2 Å². The van der Waals surface area contributed by atoms with Crippen molar-refractivity contribution in [2.45, 2.75) is 25.3 Å². The van der Waals surface area contributed by atoms with Crippen LogP contribution in [0.3, 0.4) is 0 Å². The van der Waals surface area contributed by atoms with Gasteiger partial charge in [-0.15, -0.1) is 0 Å². The molecule has 6 heteroatoms. The van der Waals surface area contributed by atoms with Gasteiger partial charge in [-0.05, 0) is 42.9 Å². The number of rotatable bonds is 4. The fraction of sp³-hybridized carbons (Fsp3) is 0.600. The van der Waals surface area contributed by atoms with E-state index < -0.39 is 16.4 Å². The Hall–Kier alpha value is -1.85. The van der Waals surface area contributed by atoms with Crippen LogP contribution in [-0.4, -0.2) is 18.1 Å². The molecule has 1 aromatic rings. The smallest absolute Gasteiger partial charge is 0.327 e. The van der Waals surface area contributed by atoms with Crippen molar-refractivity contribution < 1.29 is 14.1 Å². The Morgan fingerprint density at radius 1 is 1.33 bits per heavy atom. The Bertz CT molecular complexity index is 605. The minimum Gasteiger partial charge on any atom is -0.497 e. The molecule has 3 fully saturated rings. The van der Waals surface area contributed by atoms with E-state index in [9.17, 15) is 14.5 Å². The Kier molecular flexibility index (Phi) is 2.65. The van der Waals surface area contributed by atoms with E-state index in [4.69, 9.17) is 4.74 Å². The predicted octanol–water partition coefficient (Wildman–Crippen LogP) is 3.20. The second-order valence-corrected chi connectivity index (χ2v) is 6.42. The summed E-state index contributed by atoms with van der Waals surface area (Å²) in [6.07, 6.45) is 3.86. The highest BCUT2D eigenvalue weighted by Gasteiger charge is 2.65. The number of nitrogens with one attached hydrogen (secondary N) is 1. The van der Waals surface area contributed by atoms with Crippen molar-refractivity contribution in [2.75, 3.05) is 12.4 Å². The molecule has 0 aromatic heterocycles. The van der Waals surface area contributed by atoms with E-state index in [1.54, 1.807) is 0 Å². The second kappa shape index (κ2) is 4.32. The summed E-state index contributed by atoms with van der Waals surface area (Å²) in [4.78, 5) is 10.5. The van der Waals surface area contributed by atoms with Crippen LogP contribution in [0, 0.1) is 39.6 Å². The Balaban J connectivity index is 1.63. The number of halogens is 1. The van der Waals surface area contributed by atoms with E-state index in [0.717, 1.165) is 17.9 Å². The van der Waals surface area contributed by atoms with Crippen LogP contribution in [0.2, 0.25) is 0 Å². The molecular weight excluding hydrogens is 275 g/mol. The van der Waals surface area contributed by atoms with Crippen molar-refractivity contribution in [1.82, 2.24) is 0 Å². The molecule has 3 aliphatic rings. The van der Waals surface area contributed by atoms with Gasteiger partial charge in [-0.1, -0.05) is 0 Å². The first-order chi connectivity index (χ1) is 10.1. The molecule has 112 valence electrons. The van der Waals surface area contributed by atoms with Gasteiger partial charge in [0.05, 0.1) is 12.0 Å². The molecule has 0 aliphatic heterocycles. The van der Waals surface area contributed by atoms with E-state index in [2.05, 4.69) is 5.32 Å². The molecule has 0 spiro atoms. The number of hydrogen-bond acceptors (Lipinski definition) is 4.